The summed E-state index contributed by atoms with van der Waals surface area (Å²) in [4.78, 5) is 24.2. The topological polar surface area (TPSA) is 75.5 Å². The van der Waals surface area contributed by atoms with Gasteiger partial charge in [-0.15, -0.1) is 0 Å². The number of benzene rings is 1. The summed E-state index contributed by atoms with van der Waals surface area (Å²) in [5.41, 5.74) is 0.839. The summed E-state index contributed by atoms with van der Waals surface area (Å²) >= 11 is 0. The minimum atomic E-state index is -0.520. The van der Waals surface area contributed by atoms with E-state index in [0.717, 1.165) is 18.5 Å². The number of nitro groups is 1. The molecule has 19 heavy (non-hydrogen) atoms. The van der Waals surface area contributed by atoms with Crippen molar-refractivity contribution in [2.75, 3.05) is 27.2 Å². The second-order valence-electron chi connectivity index (χ2n) is 4.46. The van der Waals surface area contributed by atoms with Crippen molar-refractivity contribution in [2.45, 2.75) is 13.3 Å². The van der Waals surface area contributed by atoms with E-state index >= 15 is 0 Å². The maximum Gasteiger partial charge on any atom is 0.282 e. The van der Waals surface area contributed by atoms with Crippen LogP contribution in [0, 0.1) is 17.0 Å². The van der Waals surface area contributed by atoms with E-state index in [9.17, 15) is 14.9 Å². The van der Waals surface area contributed by atoms with E-state index < -0.39 is 4.92 Å². The quantitative estimate of drug-likeness (QED) is 0.481. The smallest absolute Gasteiger partial charge is 0.282 e. The highest BCUT2D eigenvalue weighted by Crippen LogP contribution is 2.21. The predicted molar refractivity (Wildman–Crippen MR) is 73.3 cm³/mol. The number of rotatable bonds is 6. The number of hydrogen-bond acceptors (Lipinski definition) is 4. The van der Waals surface area contributed by atoms with E-state index in [0.29, 0.717) is 6.54 Å². The Morgan fingerprint density at radius 3 is 2.74 bits per heavy atom. The van der Waals surface area contributed by atoms with E-state index in [-0.39, 0.29) is 17.2 Å². The summed E-state index contributed by atoms with van der Waals surface area (Å²) in [6.07, 6.45) is 0.804. The zero-order valence-corrected chi connectivity index (χ0v) is 11.5. The van der Waals surface area contributed by atoms with Crippen molar-refractivity contribution < 1.29 is 9.72 Å². The molecule has 6 nitrogen and oxygen atoms in total. The Bertz CT molecular complexity index is 474. The highest BCUT2D eigenvalue weighted by Gasteiger charge is 2.22. The fourth-order valence-electron chi connectivity index (χ4n) is 1.78. The number of amides is 1. The molecule has 1 amide bonds. The zero-order valence-electron chi connectivity index (χ0n) is 11.5. The van der Waals surface area contributed by atoms with Crippen LogP contribution < -0.4 is 5.32 Å². The second kappa shape index (κ2) is 6.84. The molecule has 0 bridgehead atoms. The fraction of sp³-hybridized carbons (Fsp3) is 0.462. The Morgan fingerprint density at radius 1 is 1.47 bits per heavy atom. The van der Waals surface area contributed by atoms with Crippen LogP contribution in [0.3, 0.4) is 0 Å². The summed E-state index contributed by atoms with van der Waals surface area (Å²) in [7, 11) is 3.50. The summed E-state index contributed by atoms with van der Waals surface area (Å²) < 4.78 is 0. The standard InChI is InChI=1S/C13H19N3O3/c1-10-5-6-12(16(18)19)11(9-10)13(17)15(3)8-4-7-14-2/h5-6,9,14H,4,7-8H2,1-3H3. The average molecular weight is 265 g/mol. The van der Waals surface area contributed by atoms with Crippen LogP contribution in [0.1, 0.15) is 22.3 Å². The van der Waals surface area contributed by atoms with Crippen molar-refractivity contribution in [1.82, 2.24) is 10.2 Å². The molecule has 0 aliphatic heterocycles. The Labute approximate surface area is 112 Å². The Balaban J connectivity index is 2.91. The lowest BCUT2D eigenvalue weighted by Gasteiger charge is -2.17. The molecule has 0 heterocycles. The first-order valence-corrected chi connectivity index (χ1v) is 6.12. The van der Waals surface area contributed by atoms with Crippen molar-refractivity contribution >= 4 is 11.6 Å². The van der Waals surface area contributed by atoms with Crippen LogP contribution in [0.25, 0.3) is 0 Å². The van der Waals surface area contributed by atoms with E-state index in [1.807, 2.05) is 14.0 Å². The van der Waals surface area contributed by atoms with Crippen molar-refractivity contribution in [3.8, 4) is 0 Å². The first-order valence-electron chi connectivity index (χ1n) is 6.12. The maximum atomic E-state index is 12.2. The molecule has 6 heteroatoms. The fourth-order valence-corrected chi connectivity index (χ4v) is 1.78. The molecule has 1 aromatic carbocycles. The Kier molecular flexibility index (Phi) is 5.44. The molecule has 0 aromatic heterocycles. The predicted octanol–water partition coefficient (Wildman–Crippen LogP) is 1.58. The monoisotopic (exact) mass is 265 g/mol. The van der Waals surface area contributed by atoms with E-state index in [2.05, 4.69) is 5.32 Å². The molecule has 0 fully saturated rings. The van der Waals surface area contributed by atoms with Gasteiger partial charge in [0.1, 0.15) is 5.56 Å². The molecule has 0 aliphatic rings. The normalized spacial score (nSPS) is 10.3. The number of nitro benzene ring substituents is 1. The number of nitrogens with zero attached hydrogens (tertiary/aromatic N) is 2. The van der Waals surface area contributed by atoms with Crippen LogP contribution in [-0.4, -0.2) is 42.9 Å². The van der Waals surface area contributed by atoms with Gasteiger partial charge in [0.2, 0.25) is 0 Å². The third kappa shape index (κ3) is 4.03. The van der Waals surface area contributed by atoms with Crippen LogP contribution in [0.5, 0.6) is 0 Å². The molecule has 0 spiro atoms. The molecule has 104 valence electrons. The van der Waals surface area contributed by atoms with E-state index in [4.69, 9.17) is 0 Å². The molecule has 0 saturated carbocycles. The minimum Gasteiger partial charge on any atom is -0.341 e. The number of carbonyl (C=O) groups excluding carboxylic acids is 1. The van der Waals surface area contributed by atoms with Gasteiger partial charge in [0.15, 0.2) is 0 Å². The van der Waals surface area contributed by atoms with Crippen LogP contribution in [0.4, 0.5) is 5.69 Å². The third-order valence-electron chi connectivity index (χ3n) is 2.85. The molecule has 0 atom stereocenters. The lowest BCUT2D eigenvalue weighted by molar-refractivity contribution is -0.385. The molecule has 1 rings (SSSR count). The Hall–Kier alpha value is -1.95. The van der Waals surface area contributed by atoms with E-state index in [1.54, 1.807) is 19.2 Å². The van der Waals surface area contributed by atoms with Gasteiger partial charge in [-0.25, -0.2) is 0 Å². The van der Waals surface area contributed by atoms with Gasteiger partial charge >= 0.3 is 0 Å². The van der Waals surface area contributed by atoms with Gasteiger partial charge in [0.25, 0.3) is 11.6 Å². The van der Waals surface area contributed by atoms with Crippen LogP contribution in [0.2, 0.25) is 0 Å². The summed E-state index contributed by atoms with van der Waals surface area (Å²) in [5, 5.41) is 13.9. The summed E-state index contributed by atoms with van der Waals surface area (Å²) in [5.74, 6) is -0.313. The van der Waals surface area contributed by atoms with Crippen LogP contribution in [0.15, 0.2) is 18.2 Å². The van der Waals surface area contributed by atoms with Gasteiger partial charge in [0.05, 0.1) is 4.92 Å². The largest absolute Gasteiger partial charge is 0.341 e. The molecular formula is C13H19N3O3. The van der Waals surface area contributed by atoms with Crippen molar-refractivity contribution in [2.24, 2.45) is 0 Å². The minimum absolute atomic E-state index is 0.143. The SMILES string of the molecule is CNCCCN(C)C(=O)c1cc(C)ccc1[N+](=O)[O-]. The maximum absolute atomic E-state index is 12.2. The van der Waals surface area contributed by atoms with Gasteiger partial charge in [0, 0.05) is 19.7 Å². The first-order chi connectivity index (χ1) is 8.97. The molecule has 0 unspecified atom stereocenters. The number of hydrogen-bond donors (Lipinski definition) is 1. The lowest BCUT2D eigenvalue weighted by atomic mass is 10.1. The highest BCUT2D eigenvalue weighted by atomic mass is 16.6. The van der Waals surface area contributed by atoms with Gasteiger partial charge in [-0.05, 0) is 38.6 Å². The molecule has 0 aliphatic carbocycles. The van der Waals surface area contributed by atoms with Crippen LogP contribution >= 0.6 is 0 Å². The van der Waals surface area contributed by atoms with Gasteiger partial charge in [-0.2, -0.15) is 0 Å². The molecule has 0 saturated heterocycles. The Morgan fingerprint density at radius 2 is 2.16 bits per heavy atom. The average Bonchev–Trinajstić information content (AvgIpc) is 2.37. The molecular weight excluding hydrogens is 246 g/mol. The highest BCUT2D eigenvalue weighted by molar-refractivity contribution is 5.98. The van der Waals surface area contributed by atoms with Crippen molar-refractivity contribution in [3.05, 3.63) is 39.4 Å². The number of aryl methyl sites for hydroxylation is 1. The molecule has 0 radical (unpaired) electrons. The summed E-state index contributed by atoms with van der Waals surface area (Å²) in [6.45, 7) is 3.17. The lowest BCUT2D eigenvalue weighted by Crippen LogP contribution is -2.30. The molecule has 1 N–H and O–H groups in total. The van der Waals surface area contributed by atoms with Gasteiger partial charge < -0.3 is 10.2 Å². The number of carbonyl (C=O) groups is 1. The number of nitrogens with one attached hydrogen (secondary N) is 1. The molecule has 1 aromatic rings. The zero-order chi connectivity index (χ0) is 14.4. The van der Waals surface area contributed by atoms with Crippen molar-refractivity contribution in [3.63, 3.8) is 0 Å². The van der Waals surface area contributed by atoms with Crippen LogP contribution in [-0.2, 0) is 0 Å². The first kappa shape index (κ1) is 15.1. The summed E-state index contributed by atoms with van der Waals surface area (Å²) in [6, 6.07) is 4.58. The van der Waals surface area contributed by atoms with E-state index in [1.165, 1.54) is 11.0 Å². The third-order valence-corrected chi connectivity index (χ3v) is 2.85. The van der Waals surface area contributed by atoms with Gasteiger partial charge in [-0.1, -0.05) is 6.07 Å². The second-order valence-corrected chi connectivity index (χ2v) is 4.46. The van der Waals surface area contributed by atoms with Crippen molar-refractivity contribution in [1.29, 1.82) is 0 Å². The van der Waals surface area contributed by atoms with Gasteiger partial charge in [-0.3, -0.25) is 14.9 Å².